The molecule has 1 aromatic carbocycles. The van der Waals surface area contributed by atoms with Gasteiger partial charge in [0.1, 0.15) is 12.4 Å². The van der Waals surface area contributed by atoms with E-state index in [4.69, 9.17) is 33.0 Å². The third-order valence-electron chi connectivity index (χ3n) is 3.98. The molecule has 0 bridgehead atoms. The number of aliphatic carboxylic acids is 1. The van der Waals surface area contributed by atoms with Crippen molar-refractivity contribution in [3.05, 3.63) is 40.4 Å². The van der Waals surface area contributed by atoms with Gasteiger partial charge in [0, 0.05) is 24.5 Å². The molecule has 0 heterocycles. The van der Waals surface area contributed by atoms with Gasteiger partial charge < -0.3 is 14.9 Å². The number of rotatable bonds is 14. The Kier molecular flexibility index (Phi) is 11.6. The number of carbonyl (C=O) groups is 1. The van der Waals surface area contributed by atoms with Crippen molar-refractivity contribution in [2.24, 2.45) is 0 Å². The predicted octanol–water partition coefficient (Wildman–Crippen LogP) is 3.59. The van der Waals surface area contributed by atoms with Crippen LogP contribution in [0.5, 0.6) is 5.75 Å². The lowest BCUT2D eigenvalue weighted by molar-refractivity contribution is -0.137. The van der Waals surface area contributed by atoms with Gasteiger partial charge in [-0.1, -0.05) is 35.4 Å². The van der Waals surface area contributed by atoms with E-state index in [0.29, 0.717) is 41.5 Å². The van der Waals surface area contributed by atoms with E-state index in [2.05, 4.69) is 0 Å². The van der Waals surface area contributed by atoms with Crippen molar-refractivity contribution in [3.63, 3.8) is 0 Å². The fraction of sp³-hybridized carbons (Fsp3) is 0.526. The van der Waals surface area contributed by atoms with Gasteiger partial charge in [-0.3, -0.25) is 4.79 Å². The van der Waals surface area contributed by atoms with E-state index in [1.807, 2.05) is 0 Å². The van der Waals surface area contributed by atoms with Gasteiger partial charge in [-0.05, 0) is 43.9 Å². The van der Waals surface area contributed by atoms with E-state index in [1.165, 1.54) is 4.31 Å². The van der Waals surface area contributed by atoms with Gasteiger partial charge in [-0.15, -0.1) is 0 Å². The van der Waals surface area contributed by atoms with Gasteiger partial charge in [-0.2, -0.15) is 4.31 Å². The number of benzene rings is 1. The number of carboxylic acids is 1. The molecule has 0 aliphatic carbocycles. The minimum Gasteiger partial charge on any atom is -0.489 e. The standard InChI is InChI=1S/C19H27Cl2NO6S/c1-29(26,27)22(11-5-3-2-4-8-19(24)25)12-6-7-16(23)14-28-18-10-9-15(20)13-17(18)21/h3,5,9-10,13,16,23H,2,4,6-8,11-12,14H2,1H3,(H,24,25). The van der Waals surface area contributed by atoms with Gasteiger partial charge in [-0.25, -0.2) is 8.42 Å². The van der Waals surface area contributed by atoms with Crippen molar-refractivity contribution in [1.82, 2.24) is 4.31 Å². The fourth-order valence-electron chi connectivity index (χ4n) is 2.44. The number of halogens is 2. The molecule has 0 spiro atoms. The van der Waals surface area contributed by atoms with E-state index in [1.54, 1.807) is 30.4 Å². The summed E-state index contributed by atoms with van der Waals surface area (Å²) in [6.07, 6.45) is 5.84. The average Bonchev–Trinajstić information content (AvgIpc) is 2.61. The van der Waals surface area contributed by atoms with Crippen LogP contribution in [0.15, 0.2) is 30.4 Å². The molecule has 1 unspecified atom stereocenters. The van der Waals surface area contributed by atoms with E-state index in [0.717, 1.165) is 6.26 Å². The van der Waals surface area contributed by atoms with Crippen LogP contribution in [0.25, 0.3) is 0 Å². The molecule has 0 saturated heterocycles. The number of allylic oxidation sites excluding steroid dienone is 1. The smallest absolute Gasteiger partial charge is 0.303 e. The summed E-state index contributed by atoms with van der Waals surface area (Å²) in [5.41, 5.74) is 0. The minimum absolute atomic E-state index is 0.0315. The number of aliphatic hydroxyl groups excluding tert-OH is 1. The van der Waals surface area contributed by atoms with Crippen LogP contribution in [0, 0.1) is 0 Å². The molecular weight excluding hydrogens is 441 g/mol. The monoisotopic (exact) mass is 467 g/mol. The van der Waals surface area contributed by atoms with Crippen molar-refractivity contribution in [3.8, 4) is 5.75 Å². The molecule has 7 nitrogen and oxygen atoms in total. The van der Waals surface area contributed by atoms with Crippen molar-refractivity contribution < 1.29 is 28.2 Å². The highest BCUT2D eigenvalue weighted by atomic mass is 35.5. The zero-order valence-corrected chi connectivity index (χ0v) is 18.6. The van der Waals surface area contributed by atoms with E-state index >= 15 is 0 Å². The van der Waals surface area contributed by atoms with Crippen LogP contribution in [0.2, 0.25) is 10.0 Å². The first-order valence-corrected chi connectivity index (χ1v) is 11.8. The maximum absolute atomic E-state index is 11.9. The van der Waals surface area contributed by atoms with Crippen molar-refractivity contribution >= 4 is 39.2 Å². The molecule has 0 aliphatic heterocycles. The third kappa shape index (κ3) is 11.4. The van der Waals surface area contributed by atoms with Gasteiger partial charge in [0.15, 0.2) is 0 Å². The Bertz CT molecular complexity index is 785. The maximum Gasteiger partial charge on any atom is 0.303 e. The summed E-state index contributed by atoms with van der Waals surface area (Å²) in [6, 6.07) is 4.80. The number of carboxylic acid groups (broad SMARTS) is 1. The largest absolute Gasteiger partial charge is 0.489 e. The summed E-state index contributed by atoms with van der Waals surface area (Å²) in [5, 5.41) is 19.5. The number of aliphatic hydroxyl groups is 1. The SMILES string of the molecule is CS(=O)(=O)N(CC=CCCCC(=O)O)CCCC(O)COc1ccc(Cl)cc1Cl. The lowest BCUT2D eigenvalue weighted by Crippen LogP contribution is -2.32. The highest BCUT2D eigenvalue weighted by Crippen LogP contribution is 2.27. The Hall–Kier alpha value is -1.32. The Morgan fingerprint density at radius 1 is 1.28 bits per heavy atom. The molecule has 0 fully saturated rings. The number of hydrogen-bond acceptors (Lipinski definition) is 5. The second-order valence-corrected chi connectivity index (χ2v) is 9.39. The summed E-state index contributed by atoms with van der Waals surface area (Å²) in [7, 11) is -3.39. The van der Waals surface area contributed by atoms with Crippen LogP contribution in [0.4, 0.5) is 0 Å². The van der Waals surface area contributed by atoms with Gasteiger partial charge in [0.25, 0.3) is 0 Å². The maximum atomic E-state index is 11.9. The van der Waals surface area contributed by atoms with Crippen LogP contribution in [-0.2, 0) is 14.8 Å². The molecule has 29 heavy (non-hydrogen) atoms. The van der Waals surface area contributed by atoms with Crippen molar-refractivity contribution in [2.45, 2.75) is 38.2 Å². The van der Waals surface area contributed by atoms with Gasteiger partial charge in [0.05, 0.1) is 17.4 Å². The number of unbranched alkanes of at least 4 members (excludes halogenated alkanes) is 1. The van der Waals surface area contributed by atoms with Crippen LogP contribution < -0.4 is 4.74 Å². The first-order chi connectivity index (χ1) is 13.6. The third-order valence-corrected chi connectivity index (χ3v) is 5.78. The molecule has 0 aliphatic rings. The molecule has 1 aromatic rings. The van der Waals surface area contributed by atoms with E-state index in [9.17, 15) is 18.3 Å². The summed E-state index contributed by atoms with van der Waals surface area (Å²) in [5.74, 6) is -0.432. The van der Waals surface area contributed by atoms with E-state index in [-0.39, 0.29) is 26.1 Å². The molecule has 164 valence electrons. The van der Waals surface area contributed by atoms with Crippen LogP contribution in [-0.4, -0.2) is 61.0 Å². The Labute approximate surface area is 181 Å². The molecular formula is C19H27Cl2NO6S. The summed E-state index contributed by atoms with van der Waals surface area (Å²) >= 11 is 11.8. The first-order valence-electron chi connectivity index (χ1n) is 9.17. The zero-order chi connectivity index (χ0) is 21.9. The lowest BCUT2D eigenvalue weighted by Gasteiger charge is -2.19. The summed E-state index contributed by atoms with van der Waals surface area (Å²) in [6.45, 7) is 0.500. The topological polar surface area (TPSA) is 104 Å². The van der Waals surface area contributed by atoms with Crippen LogP contribution >= 0.6 is 23.2 Å². The molecule has 0 saturated carbocycles. The quantitative estimate of drug-likeness (QED) is 0.320. The highest BCUT2D eigenvalue weighted by Gasteiger charge is 2.16. The van der Waals surface area contributed by atoms with Crippen LogP contribution in [0.3, 0.4) is 0 Å². The van der Waals surface area contributed by atoms with Crippen molar-refractivity contribution in [1.29, 1.82) is 0 Å². The molecule has 1 rings (SSSR count). The molecule has 0 aromatic heterocycles. The summed E-state index contributed by atoms with van der Waals surface area (Å²) in [4.78, 5) is 10.4. The van der Waals surface area contributed by atoms with Crippen molar-refractivity contribution in [2.75, 3.05) is 26.0 Å². The lowest BCUT2D eigenvalue weighted by atomic mass is 10.2. The zero-order valence-electron chi connectivity index (χ0n) is 16.3. The Balaban J connectivity index is 2.37. The second kappa shape index (κ2) is 13.1. The molecule has 0 radical (unpaired) electrons. The number of sulfonamides is 1. The normalized spacial score (nSPS) is 13.1. The van der Waals surface area contributed by atoms with E-state index < -0.39 is 22.1 Å². The highest BCUT2D eigenvalue weighted by molar-refractivity contribution is 7.88. The number of nitrogens with zero attached hydrogens (tertiary/aromatic N) is 1. The molecule has 2 N–H and O–H groups in total. The Morgan fingerprint density at radius 2 is 2.00 bits per heavy atom. The van der Waals surface area contributed by atoms with Crippen LogP contribution in [0.1, 0.15) is 32.1 Å². The minimum atomic E-state index is -3.39. The first kappa shape index (κ1) is 25.7. The fourth-order valence-corrected chi connectivity index (χ4v) is 3.72. The molecule has 1 atom stereocenters. The average molecular weight is 468 g/mol. The molecule has 10 heteroatoms. The number of ether oxygens (including phenoxy) is 1. The number of hydrogen-bond donors (Lipinski definition) is 2. The molecule has 0 amide bonds. The summed E-state index contributed by atoms with van der Waals surface area (Å²) < 4.78 is 30.6. The Morgan fingerprint density at radius 3 is 2.62 bits per heavy atom. The predicted molar refractivity (Wildman–Crippen MR) is 114 cm³/mol. The second-order valence-electron chi connectivity index (χ2n) is 6.56. The van der Waals surface area contributed by atoms with Gasteiger partial charge >= 0.3 is 5.97 Å². The van der Waals surface area contributed by atoms with Gasteiger partial charge in [0.2, 0.25) is 10.0 Å².